The Bertz CT molecular complexity index is 689. The third-order valence-corrected chi connectivity index (χ3v) is 3.20. The maximum atomic E-state index is 11.7. The van der Waals surface area contributed by atoms with Gasteiger partial charge in [-0.3, -0.25) is 14.3 Å². The van der Waals surface area contributed by atoms with Gasteiger partial charge in [0.1, 0.15) is 5.82 Å². The SMILES string of the molecule is Cn1c(N)c(CNCCc2ccccc2)c(=O)[nH]c1=O. The summed E-state index contributed by atoms with van der Waals surface area (Å²) in [7, 11) is 1.53. The molecule has 0 radical (unpaired) electrons. The summed E-state index contributed by atoms with van der Waals surface area (Å²) < 4.78 is 1.23. The van der Waals surface area contributed by atoms with E-state index in [1.165, 1.54) is 17.2 Å². The molecule has 0 saturated carbocycles. The molecule has 2 aromatic rings. The van der Waals surface area contributed by atoms with E-state index in [9.17, 15) is 9.59 Å². The quantitative estimate of drug-likeness (QED) is 0.668. The van der Waals surface area contributed by atoms with Crippen LogP contribution in [0.15, 0.2) is 39.9 Å². The van der Waals surface area contributed by atoms with Gasteiger partial charge in [0.25, 0.3) is 5.56 Å². The van der Waals surface area contributed by atoms with Crippen molar-refractivity contribution in [2.75, 3.05) is 12.3 Å². The predicted octanol–water partition coefficient (Wildman–Crippen LogP) is -0.0119. The Labute approximate surface area is 116 Å². The molecule has 0 spiro atoms. The fraction of sp³-hybridized carbons (Fsp3) is 0.286. The molecule has 0 aliphatic rings. The normalized spacial score (nSPS) is 10.7. The molecule has 0 unspecified atom stereocenters. The molecule has 0 aliphatic heterocycles. The highest BCUT2D eigenvalue weighted by atomic mass is 16.2. The third-order valence-electron chi connectivity index (χ3n) is 3.20. The van der Waals surface area contributed by atoms with Crippen molar-refractivity contribution >= 4 is 5.82 Å². The number of nitrogens with two attached hydrogens (primary N) is 1. The van der Waals surface area contributed by atoms with Gasteiger partial charge in [0.05, 0.1) is 5.56 Å². The summed E-state index contributed by atoms with van der Waals surface area (Å²) in [4.78, 5) is 25.3. The van der Waals surface area contributed by atoms with Gasteiger partial charge in [-0.15, -0.1) is 0 Å². The summed E-state index contributed by atoms with van der Waals surface area (Å²) in [6.07, 6.45) is 0.865. The first-order valence-electron chi connectivity index (χ1n) is 6.42. The van der Waals surface area contributed by atoms with Gasteiger partial charge in [-0.05, 0) is 18.5 Å². The maximum absolute atomic E-state index is 11.7. The van der Waals surface area contributed by atoms with Crippen LogP contribution in [0.25, 0.3) is 0 Å². The first-order chi connectivity index (χ1) is 9.59. The van der Waals surface area contributed by atoms with Gasteiger partial charge in [0.15, 0.2) is 0 Å². The Morgan fingerprint density at radius 2 is 1.95 bits per heavy atom. The van der Waals surface area contributed by atoms with Crippen molar-refractivity contribution in [3.05, 3.63) is 62.3 Å². The van der Waals surface area contributed by atoms with E-state index in [-0.39, 0.29) is 5.82 Å². The van der Waals surface area contributed by atoms with E-state index in [1.54, 1.807) is 0 Å². The van der Waals surface area contributed by atoms with Gasteiger partial charge in [-0.25, -0.2) is 4.79 Å². The number of benzene rings is 1. The Morgan fingerprint density at radius 3 is 2.65 bits per heavy atom. The van der Waals surface area contributed by atoms with Crippen LogP contribution in [0.4, 0.5) is 5.82 Å². The fourth-order valence-electron chi connectivity index (χ4n) is 1.95. The zero-order valence-corrected chi connectivity index (χ0v) is 11.3. The summed E-state index contributed by atoms with van der Waals surface area (Å²) in [5, 5.41) is 3.16. The third kappa shape index (κ3) is 3.16. The van der Waals surface area contributed by atoms with Crippen molar-refractivity contribution in [1.82, 2.24) is 14.9 Å². The average molecular weight is 274 g/mol. The van der Waals surface area contributed by atoms with Crippen LogP contribution in [0.5, 0.6) is 0 Å². The average Bonchev–Trinajstić information content (AvgIpc) is 2.45. The number of aromatic amines is 1. The molecule has 20 heavy (non-hydrogen) atoms. The second-order valence-corrected chi connectivity index (χ2v) is 4.59. The molecular weight excluding hydrogens is 256 g/mol. The topological polar surface area (TPSA) is 92.9 Å². The molecule has 1 aromatic heterocycles. The summed E-state index contributed by atoms with van der Waals surface area (Å²) in [5.74, 6) is 0.200. The lowest BCUT2D eigenvalue weighted by Crippen LogP contribution is -2.35. The van der Waals surface area contributed by atoms with Crippen LogP contribution in [0.3, 0.4) is 0 Å². The molecule has 4 N–H and O–H groups in total. The highest BCUT2D eigenvalue weighted by molar-refractivity contribution is 5.37. The lowest BCUT2D eigenvalue weighted by Gasteiger charge is -2.09. The van der Waals surface area contributed by atoms with Crippen molar-refractivity contribution in [2.45, 2.75) is 13.0 Å². The van der Waals surface area contributed by atoms with Crippen molar-refractivity contribution in [2.24, 2.45) is 7.05 Å². The molecule has 2 rings (SSSR count). The summed E-state index contributed by atoms with van der Waals surface area (Å²) in [6.45, 7) is 1.06. The largest absolute Gasteiger partial charge is 0.385 e. The van der Waals surface area contributed by atoms with Crippen LogP contribution in [0.1, 0.15) is 11.1 Å². The molecule has 0 amide bonds. The van der Waals surface area contributed by atoms with Crippen LogP contribution in [0.2, 0.25) is 0 Å². The number of nitrogens with one attached hydrogen (secondary N) is 2. The van der Waals surface area contributed by atoms with Gasteiger partial charge in [-0.2, -0.15) is 0 Å². The Balaban J connectivity index is 1.97. The van der Waals surface area contributed by atoms with E-state index in [0.29, 0.717) is 12.1 Å². The van der Waals surface area contributed by atoms with Crippen molar-refractivity contribution < 1.29 is 0 Å². The number of nitrogen functional groups attached to an aromatic ring is 1. The second-order valence-electron chi connectivity index (χ2n) is 4.59. The van der Waals surface area contributed by atoms with Crippen LogP contribution in [0, 0.1) is 0 Å². The molecule has 0 aliphatic carbocycles. The minimum Gasteiger partial charge on any atom is -0.385 e. The number of nitrogens with zero attached hydrogens (tertiary/aromatic N) is 1. The van der Waals surface area contributed by atoms with Gasteiger partial charge in [-0.1, -0.05) is 30.3 Å². The lowest BCUT2D eigenvalue weighted by molar-refractivity contribution is 0.670. The molecule has 6 heteroatoms. The van der Waals surface area contributed by atoms with Crippen molar-refractivity contribution in [3.63, 3.8) is 0 Å². The summed E-state index contributed by atoms with van der Waals surface area (Å²) >= 11 is 0. The molecule has 0 atom stereocenters. The first kappa shape index (κ1) is 14.1. The molecule has 6 nitrogen and oxygen atoms in total. The highest BCUT2D eigenvalue weighted by Crippen LogP contribution is 2.02. The van der Waals surface area contributed by atoms with Crippen molar-refractivity contribution in [3.8, 4) is 0 Å². The first-order valence-corrected chi connectivity index (χ1v) is 6.42. The van der Waals surface area contributed by atoms with Crippen LogP contribution >= 0.6 is 0 Å². The minimum atomic E-state index is -0.500. The summed E-state index contributed by atoms with van der Waals surface area (Å²) in [6, 6.07) is 10.1. The van der Waals surface area contributed by atoms with E-state index in [0.717, 1.165) is 13.0 Å². The molecule has 1 heterocycles. The number of hydrogen-bond donors (Lipinski definition) is 3. The fourth-order valence-corrected chi connectivity index (χ4v) is 1.95. The zero-order chi connectivity index (χ0) is 14.5. The van der Waals surface area contributed by atoms with E-state index in [1.807, 2.05) is 18.2 Å². The number of anilines is 1. The number of aromatic nitrogens is 2. The molecule has 0 bridgehead atoms. The minimum absolute atomic E-state index is 0.200. The van der Waals surface area contributed by atoms with E-state index in [4.69, 9.17) is 5.73 Å². The smallest absolute Gasteiger partial charge is 0.329 e. The molecule has 0 saturated heterocycles. The van der Waals surface area contributed by atoms with Gasteiger partial charge in [0.2, 0.25) is 0 Å². The maximum Gasteiger partial charge on any atom is 0.329 e. The Morgan fingerprint density at radius 1 is 1.25 bits per heavy atom. The Kier molecular flexibility index (Phi) is 4.37. The Hall–Kier alpha value is -2.34. The van der Waals surface area contributed by atoms with E-state index >= 15 is 0 Å². The van der Waals surface area contributed by atoms with E-state index < -0.39 is 11.2 Å². The number of hydrogen-bond acceptors (Lipinski definition) is 4. The van der Waals surface area contributed by atoms with Gasteiger partial charge < -0.3 is 11.1 Å². The van der Waals surface area contributed by atoms with Gasteiger partial charge in [0, 0.05) is 13.6 Å². The van der Waals surface area contributed by atoms with Crippen molar-refractivity contribution in [1.29, 1.82) is 0 Å². The molecule has 0 fully saturated rings. The summed E-state index contributed by atoms with van der Waals surface area (Å²) in [5.41, 5.74) is 6.46. The molecule has 106 valence electrons. The zero-order valence-electron chi connectivity index (χ0n) is 11.3. The number of H-pyrrole nitrogens is 1. The van der Waals surface area contributed by atoms with Gasteiger partial charge >= 0.3 is 5.69 Å². The van der Waals surface area contributed by atoms with E-state index in [2.05, 4.69) is 22.4 Å². The van der Waals surface area contributed by atoms with Crippen LogP contribution in [-0.4, -0.2) is 16.1 Å². The standard InChI is InChI=1S/C14H18N4O2/c1-18-12(15)11(13(19)17-14(18)20)9-16-8-7-10-5-3-2-4-6-10/h2-6,16H,7-9,15H2,1H3,(H,17,19,20). The highest BCUT2D eigenvalue weighted by Gasteiger charge is 2.08. The predicted molar refractivity (Wildman–Crippen MR) is 78.6 cm³/mol. The van der Waals surface area contributed by atoms with Crippen LogP contribution < -0.4 is 22.3 Å². The molecular formula is C14H18N4O2. The molecule has 1 aromatic carbocycles. The van der Waals surface area contributed by atoms with Crippen LogP contribution in [-0.2, 0) is 20.0 Å². The second kappa shape index (κ2) is 6.21. The monoisotopic (exact) mass is 274 g/mol. The number of rotatable bonds is 5. The lowest BCUT2D eigenvalue weighted by atomic mass is 10.1.